The van der Waals surface area contributed by atoms with Gasteiger partial charge in [0.2, 0.25) is 5.91 Å². The molecule has 0 heterocycles. The molecule has 4 heteroatoms. The van der Waals surface area contributed by atoms with Crippen LogP contribution < -0.4 is 11.1 Å². The Hall–Kier alpha value is -0.870. The first-order valence-corrected chi connectivity index (χ1v) is 8.55. The van der Waals surface area contributed by atoms with Crippen molar-refractivity contribution in [2.45, 2.75) is 44.9 Å². The second-order valence-electron chi connectivity index (χ2n) is 6.16. The zero-order valence-electron chi connectivity index (χ0n) is 12.9. The Morgan fingerprint density at radius 1 is 1.38 bits per heavy atom. The Bertz CT molecular complexity index is 499. The second-order valence-corrected chi connectivity index (χ2v) is 7.08. The van der Waals surface area contributed by atoms with E-state index in [9.17, 15) is 4.79 Å². The molecule has 3 N–H and O–H groups in total. The predicted molar refractivity (Wildman–Crippen MR) is 90.1 cm³/mol. The van der Waals surface area contributed by atoms with Gasteiger partial charge in [0.1, 0.15) is 0 Å². The molecular weight excluding hydrogens is 328 g/mol. The van der Waals surface area contributed by atoms with Crippen LogP contribution in [0.15, 0.2) is 28.7 Å². The van der Waals surface area contributed by atoms with Crippen LogP contribution in [0.1, 0.15) is 45.1 Å². The van der Waals surface area contributed by atoms with Crippen LogP contribution in [0, 0.1) is 5.41 Å². The minimum Gasteiger partial charge on any atom is -0.355 e. The van der Waals surface area contributed by atoms with E-state index in [1.54, 1.807) is 0 Å². The van der Waals surface area contributed by atoms with Crippen molar-refractivity contribution in [3.8, 4) is 0 Å². The molecule has 0 unspecified atom stereocenters. The number of carbonyl (C=O) groups is 1. The van der Waals surface area contributed by atoms with Crippen molar-refractivity contribution in [2.75, 3.05) is 13.1 Å². The summed E-state index contributed by atoms with van der Waals surface area (Å²) in [6, 6.07) is 8.41. The Labute approximate surface area is 135 Å². The zero-order chi connectivity index (χ0) is 15.5. The fourth-order valence-corrected chi connectivity index (χ4v) is 3.33. The molecule has 1 aromatic rings. The van der Waals surface area contributed by atoms with Gasteiger partial charge in [-0.25, -0.2) is 0 Å². The molecule has 0 atom stereocenters. The Morgan fingerprint density at radius 2 is 2.05 bits per heavy atom. The van der Waals surface area contributed by atoms with Crippen LogP contribution in [0.5, 0.6) is 0 Å². The molecule has 0 aromatic heterocycles. The van der Waals surface area contributed by atoms with Crippen LogP contribution >= 0.6 is 15.9 Å². The summed E-state index contributed by atoms with van der Waals surface area (Å²) in [4.78, 5) is 12.5. The van der Waals surface area contributed by atoms with Crippen LogP contribution in [0.4, 0.5) is 0 Å². The van der Waals surface area contributed by atoms with E-state index in [-0.39, 0.29) is 11.3 Å². The summed E-state index contributed by atoms with van der Waals surface area (Å²) >= 11 is 3.52. The number of nitrogens with one attached hydrogen (secondary N) is 1. The molecular formula is C17H25BrN2O. The van der Waals surface area contributed by atoms with Gasteiger partial charge in [-0.3, -0.25) is 4.79 Å². The van der Waals surface area contributed by atoms with E-state index in [1.165, 1.54) is 5.56 Å². The molecule has 2 rings (SSSR count). The lowest BCUT2D eigenvalue weighted by molar-refractivity contribution is -0.131. The Kier molecular flexibility index (Phi) is 5.10. The summed E-state index contributed by atoms with van der Waals surface area (Å²) in [5.41, 5.74) is 6.87. The van der Waals surface area contributed by atoms with Crippen molar-refractivity contribution >= 4 is 21.8 Å². The predicted octanol–water partition coefficient (Wildman–Crippen LogP) is 3.36. The lowest BCUT2D eigenvalue weighted by Gasteiger charge is -2.29. The lowest BCUT2D eigenvalue weighted by atomic mass is 9.81. The number of hydrogen-bond donors (Lipinski definition) is 2. The number of benzene rings is 1. The first-order chi connectivity index (χ1) is 10.0. The average molecular weight is 353 g/mol. The van der Waals surface area contributed by atoms with Gasteiger partial charge in [-0.05, 0) is 43.4 Å². The van der Waals surface area contributed by atoms with E-state index in [4.69, 9.17) is 5.73 Å². The van der Waals surface area contributed by atoms with Crippen LogP contribution in [-0.2, 0) is 10.2 Å². The van der Waals surface area contributed by atoms with E-state index >= 15 is 0 Å². The van der Waals surface area contributed by atoms with Crippen molar-refractivity contribution < 1.29 is 4.79 Å². The quantitative estimate of drug-likeness (QED) is 0.790. The van der Waals surface area contributed by atoms with E-state index in [0.717, 1.165) is 30.2 Å². The van der Waals surface area contributed by atoms with Crippen molar-refractivity contribution in [3.63, 3.8) is 0 Å². The van der Waals surface area contributed by atoms with Crippen molar-refractivity contribution in [1.29, 1.82) is 0 Å². The molecule has 1 aromatic carbocycles. The SMILES string of the molecule is CCC(CC)(CN)C(=O)NCC1(c2cccc(Br)c2)CC1. The van der Waals surface area contributed by atoms with Crippen LogP contribution in [0.3, 0.4) is 0 Å². The van der Waals surface area contributed by atoms with Gasteiger partial charge in [-0.1, -0.05) is 41.9 Å². The van der Waals surface area contributed by atoms with Gasteiger partial charge in [0.05, 0.1) is 5.41 Å². The standard InChI is InChI=1S/C17H25BrN2O/c1-3-16(4-2,11-19)15(21)20-12-17(8-9-17)13-6-5-7-14(18)10-13/h5-7,10H,3-4,8-9,11-12,19H2,1-2H3,(H,20,21). The molecule has 0 aliphatic heterocycles. The van der Waals surface area contributed by atoms with Gasteiger partial charge in [0.15, 0.2) is 0 Å². The zero-order valence-corrected chi connectivity index (χ0v) is 14.5. The summed E-state index contributed by atoms with van der Waals surface area (Å²) in [5.74, 6) is 0.108. The van der Waals surface area contributed by atoms with Crippen LogP contribution in [-0.4, -0.2) is 19.0 Å². The van der Waals surface area contributed by atoms with Crippen molar-refractivity contribution in [2.24, 2.45) is 11.1 Å². The van der Waals surface area contributed by atoms with E-state index < -0.39 is 5.41 Å². The highest BCUT2D eigenvalue weighted by Crippen LogP contribution is 2.48. The number of hydrogen-bond acceptors (Lipinski definition) is 2. The van der Waals surface area contributed by atoms with Crippen LogP contribution in [0.2, 0.25) is 0 Å². The van der Waals surface area contributed by atoms with Gasteiger partial charge in [0.25, 0.3) is 0 Å². The fraction of sp³-hybridized carbons (Fsp3) is 0.588. The van der Waals surface area contributed by atoms with Gasteiger partial charge >= 0.3 is 0 Å². The molecule has 0 saturated heterocycles. The third-order valence-corrected chi connectivity index (χ3v) is 5.60. The molecule has 1 saturated carbocycles. The maximum absolute atomic E-state index is 12.5. The maximum atomic E-state index is 12.5. The lowest BCUT2D eigenvalue weighted by Crippen LogP contribution is -2.47. The average Bonchev–Trinajstić information content (AvgIpc) is 3.29. The molecule has 1 aliphatic rings. The van der Waals surface area contributed by atoms with Gasteiger partial charge in [0, 0.05) is 23.0 Å². The fourth-order valence-electron chi connectivity index (χ4n) is 2.93. The van der Waals surface area contributed by atoms with Gasteiger partial charge in [-0.2, -0.15) is 0 Å². The third kappa shape index (κ3) is 3.32. The molecule has 0 spiro atoms. The number of nitrogens with two attached hydrogens (primary N) is 1. The second kappa shape index (κ2) is 6.49. The molecule has 1 amide bonds. The van der Waals surface area contributed by atoms with Crippen molar-refractivity contribution in [3.05, 3.63) is 34.3 Å². The maximum Gasteiger partial charge on any atom is 0.227 e. The highest BCUT2D eigenvalue weighted by molar-refractivity contribution is 9.10. The summed E-state index contributed by atoms with van der Waals surface area (Å²) in [6.45, 7) is 5.20. The molecule has 1 aliphatic carbocycles. The molecule has 3 nitrogen and oxygen atoms in total. The smallest absolute Gasteiger partial charge is 0.227 e. The van der Waals surface area contributed by atoms with Crippen molar-refractivity contribution in [1.82, 2.24) is 5.32 Å². The topological polar surface area (TPSA) is 55.1 Å². The molecule has 1 fully saturated rings. The number of carbonyl (C=O) groups excluding carboxylic acids is 1. The first kappa shape index (κ1) is 16.5. The Balaban J connectivity index is 2.04. The molecule has 0 bridgehead atoms. The number of rotatable bonds is 7. The van der Waals surface area contributed by atoms with E-state index in [1.807, 2.05) is 19.9 Å². The Morgan fingerprint density at radius 3 is 2.52 bits per heavy atom. The molecule has 0 radical (unpaired) electrons. The highest BCUT2D eigenvalue weighted by Gasteiger charge is 2.45. The number of amides is 1. The summed E-state index contributed by atoms with van der Waals surface area (Å²) in [7, 11) is 0. The van der Waals surface area contributed by atoms with Gasteiger partial charge < -0.3 is 11.1 Å². The van der Waals surface area contributed by atoms with Gasteiger partial charge in [-0.15, -0.1) is 0 Å². The summed E-state index contributed by atoms with van der Waals surface area (Å²) in [5, 5.41) is 3.16. The minimum atomic E-state index is -0.409. The van der Waals surface area contributed by atoms with E-state index in [2.05, 4.69) is 39.4 Å². The summed E-state index contributed by atoms with van der Waals surface area (Å²) in [6.07, 6.45) is 3.85. The first-order valence-electron chi connectivity index (χ1n) is 7.76. The normalized spacial score (nSPS) is 16.6. The third-order valence-electron chi connectivity index (χ3n) is 5.10. The molecule has 21 heavy (non-hydrogen) atoms. The van der Waals surface area contributed by atoms with E-state index in [0.29, 0.717) is 13.1 Å². The summed E-state index contributed by atoms with van der Waals surface area (Å²) < 4.78 is 1.09. The number of halogens is 1. The largest absolute Gasteiger partial charge is 0.355 e. The van der Waals surface area contributed by atoms with Crippen LogP contribution in [0.25, 0.3) is 0 Å². The monoisotopic (exact) mass is 352 g/mol. The minimum absolute atomic E-state index is 0.108. The highest BCUT2D eigenvalue weighted by atomic mass is 79.9. The molecule has 116 valence electrons.